The number of nitrogens with one attached hydrogen (secondary N) is 1. The molecule has 0 bridgehead atoms. The monoisotopic (exact) mass is 291 g/mol. The number of methoxy groups -OCH3 is 2. The lowest BCUT2D eigenvalue weighted by atomic mass is 10.1. The minimum atomic E-state index is -0.378. The molecule has 112 valence electrons. The number of rotatable bonds is 6. The standard InChI is InChI=1S/C15H18FN3O2/c1-10-18-13(11-6-4-5-7-12(11)16)8-14(19-10)17-9-15(20-2)21-3/h4-8,15H,9H2,1-3H3,(H,17,18,19). The molecule has 0 saturated heterocycles. The molecule has 2 rings (SSSR count). The maximum atomic E-state index is 13.8. The summed E-state index contributed by atoms with van der Waals surface area (Å²) < 4.78 is 24.0. The van der Waals surface area contributed by atoms with Crippen LogP contribution in [-0.2, 0) is 9.47 Å². The zero-order valence-electron chi connectivity index (χ0n) is 12.3. The van der Waals surface area contributed by atoms with E-state index >= 15 is 0 Å². The van der Waals surface area contributed by atoms with E-state index in [-0.39, 0.29) is 12.1 Å². The Labute approximate surface area is 123 Å². The molecule has 5 nitrogen and oxygen atoms in total. The van der Waals surface area contributed by atoms with Gasteiger partial charge in [0.25, 0.3) is 0 Å². The van der Waals surface area contributed by atoms with Gasteiger partial charge in [0.15, 0.2) is 6.29 Å². The van der Waals surface area contributed by atoms with Crippen molar-refractivity contribution in [3.8, 4) is 11.3 Å². The number of ether oxygens (including phenoxy) is 2. The molecule has 0 unspecified atom stereocenters. The number of halogens is 1. The molecule has 0 aliphatic carbocycles. The smallest absolute Gasteiger partial charge is 0.173 e. The molecule has 1 heterocycles. The second kappa shape index (κ2) is 7.10. The third-order valence-corrected chi connectivity index (χ3v) is 2.96. The highest BCUT2D eigenvalue weighted by atomic mass is 19.1. The molecule has 0 aliphatic rings. The molecule has 0 radical (unpaired) electrons. The molecule has 1 aromatic carbocycles. The van der Waals surface area contributed by atoms with Gasteiger partial charge in [-0.3, -0.25) is 0 Å². The summed E-state index contributed by atoms with van der Waals surface area (Å²) in [6.07, 6.45) is -0.378. The molecular weight excluding hydrogens is 273 g/mol. The van der Waals surface area contributed by atoms with Crippen LogP contribution in [0.25, 0.3) is 11.3 Å². The van der Waals surface area contributed by atoms with E-state index in [0.717, 1.165) is 0 Å². The lowest BCUT2D eigenvalue weighted by molar-refractivity contribution is -0.0914. The zero-order valence-corrected chi connectivity index (χ0v) is 12.3. The molecule has 1 N–H and O–H groups in total. The Morgan fingerprint density at radius 3 is 2.57 bits per heavy atom. The van der Waals surface area contributed by atoms with E-state index in [1.807, 2.05) is 0 Å². The number of hydrogen-bond donors (Lipinski definition) is 1. The minimum Gasteiger partial charge on any atom is -0.365 e. The minimum absolute atomic E-state index is 0.312. The van der Waals surface area contributed by atoms with Crippen LogP contribution < -0.4 is 5.32 Å². The summed E-state index contributed by atoms with van der Waals surface area (Å²) >= 11 is 0. The average molecular weight is 291 g/mol. The second-order valence-corrected chi connectivity index (χ2v) is 4.45. The van der Waals surface area contributed by atoms with E-state index in [4.69, 9.17) is 9.47 Å². The number of aromatic nitrogens is 2. The third-order valence-electron chi connectivity index (χ3n) is 2.96. The molecule has 0 spiro atoms. The van der Waals surface area contributed by atoms with E-state index in [1.54, 1.807) is 45.4 Å². The summed E-state index contributed by atoms with van der Waals surface area (Å²) in [5.41, 5.74) is 0.982. The number of benzene rings is 1. The van der Waals surface area contributed by atoms with Crippen LogP contribution >= 0.6 is 0 Å². The summed E-state index contributed by atoms with van der Waals surface area (Å²) in [7, 11) is 3.12. The van der Waals surface area contributed by atoms with Gasteiger partial charge in [-0.25, -0.2) is 14.4 Å². The number of hydrogen-bond acceptors (Lipinski definition) is 5. The van der Waals surface area contributed by atoms with Crippen LogP contribution in [0.2, 0.25) is 0 Å². The normalized spacial score (nSPS) is 10.9. The second-order valence-electron chi connectivity index (χ2n) is 4.45. The first kappa shape index (κ1) is 15.3. The van der Waals surface area contributed by atoms with Gasteiger partial charge in [0.2, 0.25) is 0 Å². The Bertz CT molecular complexity index is 603. The van der Waals surface area contributed by atoms with Gasteiger partial charge < -0.3 is 14.8 Å². The Morgan fingerprint density at radius 2 is 1.90 bits per heavy atom. The first-order valence-electron chi connectivity index (χ1n) is 6.54. The Balaban J connectivity index is 2.24. The maximum absolute atomic E-state index is 13.8. The molecule has 21 heavy (non-hydrogen) atoms. The molecule has 0 aliphatic heterocycles. The van der Waals surface area contributed by atoms with Crippen LogP contribution in [0, 0.1) is 12.7 Å². The quantitative estimate of drug-likeness (QED) is 0.829. The number of anilines is 1. The van der Waals surface area contributed by atoms with Gasteiger partial charge in [0.1, 0.15) is 17.5 Å². The van der Waals surface area contributed by atoms with Gasteiger partial charge in [-0.1, -0.05) is 12.1 Å². The van der Waals surface area contributed by atoms with Crippen molar-refractivity contribution in [1.29, 1.82) is 0 Å². The summed E-state index contributed by atoms with van der Waals surface area (Å²) in [5.74, 6) is 0.845. The molecular formula is C15H18FN3O2. The lowest BCUT2D eigenvalue weighted by Crippen LogP contribution is -2.24. The SMILES string of the molecule is COC(CNc1cc(-c2ccccc2F)nc(C)n1)OC. The molecule has 1 aromatic heterocycles. The zero-order chi connectivity index (χ0) is 15.2. The highest BCUT2D eigenvalue weighted by molar-refractivity contribution is 5.63. The van der Waals surface area contributed by atoms with Gasteiger partial charge >= 0.3 is 0 Å². The Kier molecular flexibility index (Phi) is 5.19. The van der Waals surface area contributed by atoms with Gasteiger partial charge in [0, 0.05) is 25.8 Å². The van der Waals surface area contributed by atoms with Gasteiger partial charge in [0.05, 0.1) is 12.2 Å². The highest BCUT2D eigenvalue weighted by Gasteiger charge is 2.10. The first-order chi connectivity index (χ1) is 10.1. The van der Waals surface area contributed by atoms with Crippen molar-refractivity contribution in [2.24, 2.45) is 0 Å². The summed E-state index contributed by atoms with van der Waals surface area (Å²) in [6, 6.07) is 8.22. The maximum Gasteiger partial charge on any atom is 0.173 e. The van der Waals surface area contributed by atoms with Crippen LogP contribution in [0.5, 0.6) is 0 Å². The molecule has 0 fully saturated rings. The summed E-state index contributed by atoms with van der Waals surface area (Å²) in [4.78, 5) is 8.55. The fourth-order valence-electron chi connectivity index (χ4n) is 1.92. The average Bonchev–Trinajstić information content (AvgIpc) is 2.48. The predicted octanol–water partition coefficient (Wildman–Crippen LogP) is 2.62. The van der Waals surface area contributed by atoms with Crippen molar-refractivity contribution < 1.29 is 13.9 Å². The topological polar surface area (TPSA) is 56.3 Å². The van der Waals surface area contributed by atoms with Crippen LogP contribution in [-0.4, -0.2) is 37.0 Å². The number of nitrogens with zero attached hydrogens (tertiary/aromatic N) is 2. The van der Waals surface area contributed by atoms with Crippen LogP contribution in [0.1, 0.15) is 5.82 Å². The summed E-state index contributed by atoms with van der Waals surface area (Å²) in [5, 5.41) is 3.09. The van der Waals surface area contributed by atoms with E-state index in [9.17, 15) is 4.39 Å². The van der Waals surface area contributed by atoms with Gasteiger partial charge in [-0.15, -0.1) is 0 Å². The van der Waals surface area contributed by atoms with E-state index < -0.39 is 0 Å². The largest absolute Gasteiger partial charge is 0.365 e. The molecule has 0 saturated carbocycles. The fraction of sp³-hybridized carbons (Fsp3) is 0.333. The first-order valence-corrected chi connectivity index (χ1v) is 6.54. The van der Waals surface area contributed by atoms with Crippen molar-refractivity contribution in [3.05, 3.63) is 42.0 Å². The van der Waals surface area contributed by atoms with Crippen LogP contribution in [0.15, 0.2) is 30.3 Å². The van der Waals surface area contributed by atoms with Crippen molar-refractivity contribution in [3.63, 3.8) is 0 Å². The van der Waals surface area contributed by atoms with Crippen molar-refractivity contribution in [2.75, 3.05) is 26.1 Å². The molecule has 2 aromatic rings. The third kappa shape index (κ3) is 3.96. The predicted molar refractivity (Wildman–Crippen MR) is 78.5 cm³/mol. The number of aryl methyl sites for hydroxylation is 1. The molecule has 6 heteroatoms. The van der Waals surface area contributed by atoms with Gasteiger partial charge in [-0.05, 0) is 19.1 Å². The van der Waals surface area contributed by atoms with Crippen LogP contribution in [0.3, 0.4) is 0 Å². The fourth-order valence-corrected chi connectivity index (χ4v) is 1.92. The summed E-state index contributed by atoms with van der Waals surface area (Å²) in [6.45, 7) is 2.19. The Morgan fingerprint density at radius 1 is 1.19 bits per heavy atom. The van der Waals surface area contributed by atoms with Crippen LogP contribution in [0.4, 0.5) is 10.2 Å². The van der Waals surface area contributed by atoms with E-state index in [2.05, 4.69) is 15.3 Å². The lowest BCUT2D eigenvalue weighted by Gasteiger charge is -2.15. The van der Waals surface area contributed by atoms with Gasteiger partial charge in [-0.2, -0.15) is 0 Å². The Hall–Kier alpha value is -2.05. The van der Waals surface area contributed by atoms with Crippen molar-refractivity contribution in [1.82, 2.24) is 9.97 Å². The highest BCUT2D eigenvalue weighted by Crippen LogP contribution is 2.22. The molecule has 0 atom stereocenters. The van der Waals surface area contributed by atoms with Crippen molar-refractivity contribution in [2.45, 2.75) is 13.2 Å². The van der Waals surface area contributed by atoms with E-state index in [0.29, 0.717) is 29.4 Å². The van der Waals surface area contributed by atoms with E-state index in [1.165, 1.54) is 6.07 Å². The molecule has 0 amide bonds. The van der Waals surface area contributed by atoms with Crippen molar-refractivity contribution >= 4 is 5.82 Å².